The summed E-state index contributed by atoms with van der Waals surface area (Å²) in [6, 6.07) is 11.7. The summed E-state index contributed by atoms with van der Waals surface area (Å²) in [5.74, 6) is 1.91. The van der Waals surface area contributed by atoms with Crippen LogP contribution in [0, 0.1) is 5.92 Å². The zero-order valence-corrected chi connectivity index (χ0v) is 13.8. The van der Waals surface area contributed by atoms with Crippen molar-refractivity contribution in [1.82, 2.24) is 5.32 Å². The van der Waals surface area contributed by atoms with Gasteiger partial charge in [-0.15, -0.1) is 0 Å². The third-order valence-electron chi connectivity index (χ3n) is 4.21. The van der Waals surface area contributed by atoms with Gasteiger partial charge in [0.15, 0.2) is 0 Å². The van der Waals surface area contributed by atoms with E-state index in [-0.39, 0.29) is 5.91 Å². The molecule has 1 atom stereocenters. The number of nitrogens with one attached hydrogen (secondary N) is 1. The Morgan fingerprint density at radius 3 is 3.12 bits per heavy atom. The number of anilines is 1. The zero-order valence-electron chi connectivity index (χ0n) is 13.8. The van der Waals surface area contributed by atoms with Gasteiger partial charge >= 0.3 is 0 Å². The van der Waals surface area contributed by atoms with E-state index in [0.717, 1.165) is 25.3 Å². The van der Waals surface area contributed by atoms with Crippen molar-refractivity contribution in [2.75, 3.05) is 31.6 Å². The zero-order chi connectivity index (χ0) is 16.8. The molecule has 1 N–H and O–H groups in total. The SMILES string of the molecule is COc1cccc(N2CC[C@H](CNC(=O)/C=C\c3ccco3)C2)c1. The van der Waals surface area contributed by atoms with Crippen LogP contribution >= 0.6 is 0 Å². The molecular formula is C19H22N2O3. The summed E-state index contributed by atoms with van der Waals surface area (Å²) in [4.78, 5) is 14.2. The molecule has 1 aliphatic heterocycles. The Balaban J connectivity index is 1.46. The highest BCUT2D eigenvalue weighted by molar-refractivity contribution is 5.91. The number of rotatable bonds is 6. The second-order valence-corrected chi connectivity index (χ2v) is 5.90. The van der Waals surface area contributed by atoms with Gasteiger partial charge in [0, 0.05) is 37.5 Å². The fourth-order valence-electron chi connectivity index (χ4n) is 2.89. The molecule has 0 saturated carbocycles. The molecule has 0 unspecified atom stereocenters. The number of hydrogen-bond donors (Lipinski definition) is 1. The van der Waals surface area contributed by atoms with Crippen LogP contribution in [0.5, 0.6) is 5.75 Å². The van der Waals surface area contributed by atoms with Crippen LogP contribution in [-0.4, -0.2) is 32.7 Å². The molecule has 0 spiro atoms. The summed E-state index contributed by atoms with van der Waals surface area (Å²) in [5.41, 5.74) is 1.17. The number of carbonyl (C=O) groups is 1. The second kappa shape index (κ2) is 7.73. The summed E-state index contributed by atoms with van der Waals surface area (Å²) >= 11 is 0. The minimum atomic E-state index is -0.0915. The highest BCUT2D eigenvalue weighted by Crippen LogP contribution is 2.26. The Morgan fingerprint density at radius 1 is 1.42 bits per heavy atom. The van der Waals surface area contributed by atoms with Crippen LogP contribution in [0.15, 0.2) is 53.2 Å². The molecule has 5 nitrogen and oxygen atoms in total. The lowest BCUT2D eigenvalue weighted by molar-refractivity contribution is -0.116. The summed E-state index contributed by atoms with van der Waals surface area (Å²) in [5, 5.41) is 2.96. The molecule has 2 aromatic rings. The highest BCUT2D eigenvalue weighted by atomic mass is 16.5. The van der Waals surface area contributed by atoms with Gasteiger partial charge in [-0.3, -0.25) is 4.79 Å². The molecule has 1 aliphatic rings. The molecule has 2 heterocycles. The average molecular weight is 326 g/mol. The maximum absolute atomic E-state index is 11.9. The van der Waals surface area contributed by atoms with E-state index in [4.69, 9.17) is 9.15 Å². The molecule has 5 heteroatoms. The minimum Gasteiger partial charge on any atom is -0.497 e. The van der Waals surface area contributed by atoms with Gasteiger partial charge in [-0.1, -0.05) is 6.07 Å². The van der Waals surface area contributed by atoms with Gasteiger partial charge in [0.05, 0.1) is 13.4 Å². The van der Waals surface area contributed by atoms with E-state index in [1.807, 2.05) is 24.3 Å². The van der Waals surface area contributed by atoms with Crippen molar-refractivity contribution < 1.29 is 13.9 Å². The van der Waals surface area contributed by atoms with E-state index in [1.54, 1.807) is 25.5 Å². The fourth-order valence-corrected chi connectivity index (χ4v) is 2.89. The van der Waals surface area contributed by atoms with Crippen LogP contribution in [0.3, 0.4) is 0 Å². The van der Waals surface area contributed by atoms with E-state index in [1.165, 1.54) is 11.8 Å². The van der Waals surface area contributed by atoms with Gasteiger partial charge in [-0.25, -0.2) is 0 Å². The number of nitrogens with zero attached hydrogens (tertiary/aromatic N) is 1. The summed E-state index contributed by atoms with van der Waals surface area (Å²) < 4.78 is 10.4. The van der Waals surface area contributed by atoms with Crippen molar-refractivity contribution in [3.05, 3.63) is 54.5 Å². The first-order chi connectivity index (χ1) is 11.7. The maximum Gasteiger partial charge on any atom is 0.244 e. The smallest absolute Gasteiger partial charge is 0.244 e. The Kier molecular flexibility index (Phi) is 5.21. The average Bonchev–Trinajstić information content (AvgIpc) is 3.30. The molecule has 24 heavy (non-hydrogen) atoms. The van der Waals surface area contributed by atoms with Gasteiger partial charge in [0.25, 0.3) is 0 Å². The highest BCUT2D eigenvalue weighted by Gasteiger charge is 2.23. The number of carbonyl (C=O) groups excluding carboxylic acids is 1. The molecule has 1 aromatic heterocycles. The van der Waals surface area contributed by atoms with Gasteiger partial charge in [0.1, 0.15) is 11.5 Å². The fraction of sp³-hybridized carbons (Fsp3) is 0.316. The number of hydrogen-bond acceptors (Lipinski definition) is 4. The normalized spacial score (nSPS) is 17.4. The van der Waals surface area contributed by atoms with Crippen LogP contribution in [0.4, 0.5) is 5.69 Å². The Hall–Kier alpha value is -2.69. The van der Waals surface area contributed by atoms with Crippen LogP contribution in [0.1, 0.15) is 12.2 Å². The molecule has 1 fully saturated rings. The van der Waals surface area contributed by atoms with Crippen LogP contribution in [0.2, 0.25) is 0 Å². The standard InChI is InChI=1S/C19H22N2O3/c1-23-18-5-2-4-16(12-18)21-10-9-15(14-21)13-20-19(22)8-7-17-6-3-11-24-17/h2-8,11-12,15H,9-10,13-14H2,1H3,(H,20,22)/b8-7-/t15-/m1/s1. The number of furan rings is 1. The van der Waals surface area contributed by atoms with Crippen LogP contribution < -0.4 is 15.0 Å². The Morgan fingerprint density at radius 2 is 2.33 bits per heavy atom. The third-order valence-corrected chi connectivity index (χ3v) is 4.21. The van der Waals surface area contributed by atoms with Crippen molar-refractivity contribution in [3.63, 3.8) is 0 Å². The van der Waals surface area contributed by atoms with Gasteiger partial charge in [-0.2, -0.15) is 0 Å². The second-order valence-electron chi connectivity index (χ2n) is 5.90. The minimum absolute atomic E-state index is 0.0915. The topological polar surface area (TPSA) is 54.7 Å². The maximum atomic E-state index is 11.9. The molecule has 126 valence electrons. The molecule has 3 rings (SSSR count). The lowest BCUT2D eigenvalue weighted by Gasteiger charge is -2.19. The molecule has 0 aliphatic carbocycles. The van der Waals surface area contributed by atoms with E-state index in [9.17, 15) is 4.79 Å². The molecule has 0 bridgehead atoms. The predicted molar refractivity (Wildman–Crippen MR) is 94.1 cm³/mol. The van der Waals surface area contributed by atoms with E-state index in [2.05, 4.69) is 16.3 Å². The number of methoxy groups -OCH3 is 1. The van der Waals surface area contributed by atoms with Gasteiger partial charge in [-0.05, 0) is 42.7 Å². The monoisotopic (exact) mass is 326 g/mol. The van der Waals surface area contributed by atoms with Crippen molar-refractivity contribution in [1.29, 1.82) is 0 Å². The molecule has 1 aromatic carbocycles. The number of amides is 1. The first kappa shape index (κ1) is 16.2. The lowest BCUT2D eigenvalue weighted by atomic mass is 10.1. The third kappa shape index (κ3) is 4.19. The quantitative estimate of drug-likeness (QED) is 0.829. The largest absolute Gasteiger partial charge is 0.497 e. The molecular weight excluding hydrogens is 304 g/mol. The van der Waals surface area contributed by atoms with Gasteiger partial charge < -0.3 is 19.4 Å². The van der Waals surface area contributed by atoms with Crippen molar-refractivity contribution >= 4 is 17.7 Å². The summed E-state index contributed by atoms with van der Waals surface area (Å²) in [7, 11) is 1.68. The van der Waals surface area contributed by atoms with E-state index >= 15 is 0 Å². The van der Waals surface area contributed by atoms with Crippen LogP contribution in [0.25, 0.3) is 6.08 Å². The first-order valence-electron chi connectivity index (χ1n) is 8.13. The lowest BCUT2D eigenvalue weighted by Crippen LogP contribution is -2.29. The van der Waals surface area contributed by atoms with E-state index in [0.29, 0.717) is 18.2 Å². The van der Waals surface area contributed by atoms with Gasteiger partial charge in [0.2, 0.25) is 5.91 Å². The Bertz CT molecular complexity index is 694. The van der Waals surface area contributed by atoms with Crippen LogP contribution in [-0.2, 0) is 4.79 Å². The van der Waals surface area contributed by atoms with Crippen molar-refractivity contribution in [2.45, 2.75) is 6.42 Å². The first-order valence-corrected chi connectivity index (χ1v) is 8.13. The van der Waals surface area contributed by atoms with Crippen molar-refractivity contribution in [2.24, 2.45) is 5.92 Å². The Labute approximate surface area is 141 Å². The number of ether oxygens (including phenoxy) is 1. The van der Waals surface area contributed by atoms with E-state index < -0.39 is 0 Å². The molecule has 1 amide bonds. The summed E-state index contributed by atoms with van der Waals surface area (Å²) in [6.07, 6.45) is 5.84. The number of benzene rings is 1. The summed E-state index contributed by atoms with van der Waals surface area (Å²) in [6.45, 7) is 2.62. The molecule has 1 saturated heterocycles. The van der Waals surface area contributed by atoms with Crippen molar-refractivity contribution in [3.8, 4) is 5.75 Å². The predicted octanol–water partition coefficient (Wildman–Crippen LogP) is 2.94. The molecule has 0 radical (unpaired) electrons.